The third-order valence-electron chi connectivity index (χ3n) is 3.85. The summed E-state index contributed by atoms with van der Waals surface area (Å²) in [5.41, 5.74) is 2.51. The van der Waals surface area contributed by atoms with Gasteiger partial charge in [0.05, 0.1) is 29.4 Å². The number of fused-ring (bicyclic) bond motifs is 1. The second-order valence-electron chi connectivity index (χ2n) is 6.01. The van der Waals surface area contributed by atoms with Crippen LogP contribution in [0.25, 0.3) is 10.9 Å². The molecular formula is C18H18BrF3N4O4. The van der Waals surface area contributed by atoms with E-state index in [4.69, 9.17) is 14.6 Å². The average Bonchev–Trinajstić information content (AvgIpc) is 3.12. The number of methoxy groups -OCH3 is 1. The quantitative estimate of drug-likeness (QED) is 0.501. The van der Waals surface area contributed by atoms with Crippen molar-refractivity contribution in [3.05, 3.63) is 46.8 Å². The van der Waals surface area contributed by atoms with Gasteiger partial charge in [0, 0.05) is 48.7 Å². The van der Waals surface area contributed by atoms with Gasteiger partial charge in [-0.15, -0.1) is 0 Å². The summed E-state index contributed by atoms with van der Waals surface area (Å²) in [6, 6.07) is 5.72. The van der Waals surface area contributed by atoms with Crippen LogP contribution in [-0.2, 0) is 11.8 Å². The summed E-state index contributed by atoms with van der Waals surface area (Å²) in [6.45, 7) is 0.383. The summed E-state index contributed by atoms with van der Waals surface area (Å²) in [7, 11) is 3.45. The first-order valence-electron chi connectivity index (χ1n) is 8.35. The van der Waals surface area contributed by atoms with E-state index in [0.717, 1.165) is 32.4 Å². The molecule has 162 valence electrons. The Morgan fingerprint density at radius 3 is 2.60 bits per heavy atom. The van der Waals surface area contributed by atoms with E-state index in [1.807, 2.05) is 25.2 Å². The van der Waals surface area contributed by atoms with E-state index < -0.39 is 18.2 Å². The number of aliphatic carboxylic acids is 1. The van der Waals surface area contributed by atoms with Crippen molar-refractivity contribution in [3.8, 4) is 5.75 Å². The van der Waals surface area contributed by atoms with Crippen LogP contribution in [0.5, 0.6) is 5.75 Å². The summed E-state index contributed by atoms with van der Waals surface area (Å²) in [4.78, 5) is 13.3. The number of nitrogens with zero attached hydrogens (tertiary/aromatic N) is 3. The van der Waals surface area contributed by atoms with E-state index in [1.54, 1.807) is 30.4 Å². The summed E-state index contributed by atoms with van der Waals surface area (Å²) in [6.07, 6.45) is -0.514. The second-order valence-corrected chi connectivity index (χ2v) is 6.86. The summed E-state index contributed by atoms with van der Waals surface area (Å²) in [5, 5.41) is 25.7. The Balaban J connectivity index is 0.000000396. The minimum absolute atomic E-state index is 0.383. The number of anilines is 1. The molecule has 0 bridgehead atoms. The highest BCUT2D eigenvalue weighted by Crippen LogP contribution is 2.32. The van der Waals surface area contributed by atoms with E-state index in [2.05, 4.69) is 31.3 Å². The van der Waals surface area contributed by atoms with Crippen LogP contribution in [0.3, 0.4) is 0 Å². The van der Waals surface area contributed by atoms with Gasteiger partial charge in [0.1, 0.15) is 5.75 Å². The van der Waals surface area contributed by atoms with Gasteiger partial charge in [-0.1, -0.05) is 0 Å². The van der Waals surface area contributed by atoms with Gasteiger partial charge in [0.15, 0.2) is 0 Å². The van der Waals surface area contributed by atoms with Gasteiger partial charge >= 0.3 is 12.1 Å². The molecule has 8 nitrogen and oxygen atoms in total. The SMILES string of the molecule is COc1cc2nccc(NCC(O)c3cnn(C)c3)c2cc1Br.O=C(O)C(F)(F)F. The van der Waals surface area contributed by atoms with Crippen LogP contribution in [0.4, 0.5) is 18.9 Å². The number of carboxylic acid groups (broad SMARTS) is 1. The van der Waals surface area contributed by atoms with Gasteiger partial charge in [-0.2, -0.15) is 18.3 Å². The number of halogens is 4. The van der Waals surface area contributed by atoms with Crippen molar-refractivity contribution in [2.45, 2.75) is 12.3 Å². The Hall–Kier alpha value is -2.86. The molecule has 1 unspecified atom stereocenters. The third kappa shape index (κ3) is 6.07. The predicted octanol–water partition coefficient (Wildman–Crippen LogP) is 3.52. The summed E-state index contributed by atoms with van der Waals surface area (Å²) >= 11 is 3.49. The van der Waals surface area contributed by atoms with Crippen molar-refractivity contribution in [2.24, 2.45) is 7.05 Å². The molecule has 3 N–H and O–H groups in total. The lowest BCUT2D eigenvalue weighted by atomic mass is 10.1. The topological polar surface area (TPSA) is 109 Å². The van der Waals surface area contributed by atoms with Crippen molar-refractivity contribution in [2.75, 3.05) is 19.0 Å². The van der Waals surface area contributed by atoms with Gasteiger partial charge in [-0.05, 0) is 28.1 Å². The van der Waals surface area contributed by atoms with Crippen LogP contribution in [0.15, 0.2) is 41.3 Å². The highest BCUT2D eigenvalue weighted by atomic mass is 79.9. The molecule has 0 amide bonds. The Morgan fingerprint density at radius 1 is 1.40 bits per heavy atom. The molecule has 0 saturated heterocycles. The molecule has 30 heavy (non-hydrogen) atoms. The molecule has 0 saturated carbocycles. The van der Waals surface area contributed by atoms with E-state index in [-0.39, 0.29) is 0 Å². The molecule has 1 aromatic carbocycles. The van der Waals surface area contributed by atoms with Crippen molar-refractivity contribution in [1.29, 1.82) is 0 Å². The lowest BCUT2D eigenvalue weighted by Gasteiger charge is -2.14. The Kier molecular flexibility index (Phi) is 7.62. The number of nitrogens with one attached hydrogen (secondary N) is 1. The fourth-order valence-corrected chi connectivity index (χ4v) is 2.90. The van der Waals surface area contributed by atoms with Crippen molar-refractivity contribution in [1.82, 2.24) is 14.8 Å². The standard InChI is InChI=1S/C16H17BrN4O2.C2HF3O2/c1-21-9-10(7-20-21)15(22)8-19-13-3-4-18-14-6-16(23-2)12(17)5-11(13)14;3-2(4,5)1(6)7/h3-7,9,15,22H,8H2,1-2H3,(H,18,19);(H,6,7). The summed E-state index contributed by atoms with van der Waals surface area (Å²) < 4.78 is 39.6. The zero-order valence-corrected chi connectivity index (χ0v) is 17.4. The molecule has 0 aliphatic rings. The number of pyridine rings is 1. The highest BCUT2D eigenvalue weighted by molar-refractivity contribution is 9.10. The lowest BCUT2D eigenvalue weighted by Crippen LogP contribution is -2.21. The monoisotopic (exact) mass is 490 g/mol. The zero-order chi connectivity index (χ0) is 22.5. The first-order valence-corrected chi connectivity index (χ1v) is 9.15. The van der Waals surface area contributed by atoms with Crippen LogP contribution in [0, 0.1) is 0 Å². The van der Waals surface area contributed by atoms with Crippen LogP contribution in [0.2, 0.25) is 0 Å². The Bertz CT molecular complexity index is 1030. The number of aromatic nitrogens is 3. The van der Waals surface area contributed by atoms with Gasteiger partial charge in [-0.25, -0.2) is 4.79 Å². The molecule has 0 spiro atoms. The number of rotatable bonds is 5. The molecule has 0 aliphatic heterocycles. The maximum atomic E-state index is 10.6. The Morgan fingerprint density at radius 2 is 2.07 bits per heavy atom. The van der Waals surface area contributed by atoms with Crippen molar-refractivity contribution >= 4 is 38.5 Å². The smallest absolute Gasteiger partial charge is 0.490 e. The van der Waals surface area contributed by atoms with Crippen LogP contribution in [-0.4, -0.2) is 50.8 Å². The molecule has 0 radical (unpaired) electrons. The number of benzene rings is 1. The van der Waals surface area contributed by atoms with E-state index in [1.165, 1.54) is 0 Å². The third-order valence-corrected chi connectivity index (χ3v) is 4.47. The largest absolute Gasteiger partial charge is 0.495 e. The maximum Gasteiger partial charge on any atom is 0.490 e. The molecule has 2 heterocycles. The van der Waals surface area contributed by atoms with Crippen LogP contribution < -0.4 is 10.1 Å². The number of aryl methyl sites for hydroxylation is 1. The normalized spacial score (nSPS) is 12.1. The second kappa shape index (κ2) is 9.76. The van der Waals surface area contributed by atoms with Crippen LogP contribution >= 0.6 is 15.9 Å². The molecule has 1 atom stereocenters. The predicted molar refractivity (Wildman–Crippen MR) is 106 cm³/mol. The number of carbonyl (C=O) groups is 1. The number of carboxylic acids is 1. The van der Waals surface area contributed by atoms with E-state index >= 15 is 0 Å². The van der Waals surface area contributed by atoms with Gasteiger partial charge in [0.25, 0.3) is 0 Å². The number of hydrogen-bond acceptors (Lipinski definition) is 6. The molecule has 3 aromatic rings. The fraction of sp³-hybridized carbons (Fsp3) is 0.278. The number of alkyl halides is 3. The minimum atomic E-state index is -5.08. The minimum Gasteiger partial charge on any atom is -0.495 e. The molecule has 3 rings (SSSR count). The first-order chi connectivity index (χ1) is 14.0. The van der Waals surface area contributed by atoms with Crippen molar-refractivity contribution in [3.63, 3.8) is 0 Å². The maximum absolute atomic E-state index is 10.6. The van der Waals surface area contributed by atoms with Gasteiger partial charge in [-0.3, -0.25) is 9.67 Å². The molecular weight excluding hydrogens is 473 g/mol. The number of hydrogen-bond donors (Lipinski definition) is 3. The molecule has 12 heteroatoms. The lowest BCUT2D eigenvalue weighted by molar-refractivity contribution is -0.192. The average molecular weight is 491 g/mol. The highest BCUT2D eigenvalue weighted by Gasteiger charge is 2.38. The molecule has 0 fully saturated rings. The molecule has 0 aliphatic carbocycles. The first kappa shape index (κ1) is 23.4. The number of aliphatic hydroxyl groups excluding tert-OH is 1. The van der Waals surface area contributed by atoms with Crippen LogP contribution in [0.1, 0.15) is 11.7 Å². The van der Waals surface area contributed by atoms with E-state index in [9.17, 15) is 18.3 Å². The zero-order valence-electron chi connectivity index (χ0n) is 15.8. The Labute approximate surface area is 177 Å². The summed E-state index contributed by atoms with van der Waals surface area (Å²) in [5.74, 6) is -2.02. The van der Waals surface area contributed by atoms with Crippen molar-refractivity contribution < 1.29 is 32.9 Å². The van der Waals surface area contributed by atoms with Gasteiger partial charge in [0.2, 0.25) is 0 Å². The van der Waals surface area contributed by atoms with Gasteiger partial charge < -0.3 is 20.3 Å². The van der Waals surface area contributed by atoms with E-state index in [0.29, 0.717) is 6.54 Å². The fourth-order valence-electron chi connectivity index (χ4n) is 2.39. The number of ether oxygens (including phenoxy) is 1. The molecule has 2 aromatic heterocycles. The number of aliphatic hydroxyl groups is 1.